The summed E-state index contributed by atoms with van der Waals surface area (Å²) in [4.78, 5) is 19.0. The number of benzene rings is 2. The fourth-order valence-electron chi connectivity index (χ4n) is 4.58. The van der Waals surface area contributed by atoms with Gasteiger partial charge in [-0.2, -0.15) is 8.42 Å². The molecule has 2 aromatic carbocycles. The summed E-state index contributed by atoms with van der Waals surface area (Å²) in [5.41, 5.74) is 10.2. The number of nitrogens with one attached hydrogen (secondary N) is 1. The van der Waals surface area contributed by atoms with Gasteiger partial charge in [-0.05, 0) is 74.4 Å². The van der Waals surface area contributed by atoms with E-state index in [0.29, 0.717) is 41.5 Å². The molecule has 0 unspecified atom stereocenters. The van der Waals surface area contributed by atoms with Gasteiger partial charge in [0.05, 0.1) is 35.4 Å². The number of morpholine rings is 1. The third-order valence-electron chi connectivity index (χ3n) is 6.85. The lowest BCUT2D eigenvalue weighted by Crippen LogP contribution is -2.36. The lowest BCUT2D eigenvalue weighted by atomic mass is 9.95. The van der Waals surface area contributed by atoms with Crippen LogP contribution in [0.4, 0.5) is 17.3 Å². The van der Waals surface area contributed by atoms with Crippen LogP contribution in [0, 0.1) is 0 Å². The lowest BCUT2D eigenvalue weighted by Gasteiger charge is -2.28. The number of primary amides is 1. The molecule has 12 heteroatoms. The largest absolute Gasteiger partial charge is 0.378 e. The Balaban J connectivity index is 1.46. The number of rotatable bonds is 8. The molecule has 0 bridgehead atoms. The normalized spacial score (nSPS) is 14.5. The van der Waals surface area contributed by atoms with Gasteiger partial charge in [0.15, 0.2) is 0 Å². The zero-order valence-corrected chi connectivity index (χ0v) is 22.5. The quantitative estimate of drug-likeness (QED) is 0.281. The van der Waals surface area contributed by atoms with Crippen molar-refractivity contribution in [3.8, 4) is 11.3 Å². The molecule has 39 heavy (non-hydrogen) atoms. The first-order valence-corrected chi connectivity index (χ1v) is 13.9. The fraction of sp³-hybridized carbons (Fsp3) is 0.296. The van der Waals surface area contributed by atoms with Crippen molar-refractivity contribution >= 4 is 38.9 Å². The molecule has 2 aromatic heterocycles. The Labute approximate surface area is 226 Å². The van der Waals surface area contributed by atoms with Crippen LogP contribution in [0.2, 0.25) is 0 Å². The Morgan fingerprint density at radius 3 is 2.49 bits per heavy atom. The number of carbonyl (C=O) groups excluding carboxylic acids is 1. The number of hydrogen-bond acceptors (Lipinski definition) is 8. The number of hydrogen-bond donors (Lipinski definition) is 3. The second-order valence-electron chi connectivity index (χ2n) is 10.1. The first kappa shape index (κ1) is 26.6. The Bertz CT molecular complexity index is 1630. The summed E-state index contributed by atoms with van der Waals surface area (Å²) >= 11 is 0. The second kappa shape index (κ2) is 10.3. The zero-order chi connectivity index (χ0) is 27.8. The molecule has 1 aliphatic rings. The Hall–Kier alpha value is -4.00. The van der Waals surface area contributed by atoms with E-state index in [1.165, 1.54) is 13.8 Å². The molecule has 4 aromatic rings. The van der Waals surface area contributed by atoms with Gasteiger partial charge in [0, 0.05) is 35.6 Å². The molecule has 5 rings (SSSR count). The average molecular weight is 551 g/mol. The van der Waals surface area contributed by atoms with Crippen molar-refractivity contribution in [2.45, 2.75) is 25.0 Å². The monoisotopic (exact) mass is 550 g/mol. The molecule has 11 nitrogen and oxygen atoms in total. The predicted octanol–water partition coefficient (Wildman–Crippen LogP) is 3.28. The summed E-state index contributed by atoms with van der Waals surface area (Å²) in [7, 11) is -4.31. The maximum Gasteiger partial charge on any atom is 0.270 e. The van der Waals surface area contributed by atoms with E-state index in [2.05, 4.69) is 20.3 Å². The first-order valence-electron chi connectivity index (χ1n) is 12.5. The standard InChI is InChI=1S/C27H30N6O5S/c1-27(2,39(35,36)37)16-18-3-9-22(25(28)34)23(15-18)24-10-8-21-17-29-26(31-33(21)24)30-19-4-6-20(7-5-19)32-11-13-38-14-12-32/h3-10,15,17H,11-14,16H2,1-2H3,(H2,28,34)(H,30,31)(H,35,36,37). The highest BCUT2D eigenvalue weighted by Crippen LogP contribution is 2.30. The van der Waals surface area contributed by atoms with Crippen LogP contribution < -0.4 is 16.0 Å². The minimum Gasteiger partial charge on any atom is -0.378 e. The molecule has 1 amide bonds. The SMILES string of the molecule is CC(C)(Cc1ccc(C(N)=O)c(-c2ccc3cnc(Nc4ccc(N5CCOCC5)cc4)nn23)c1)S(=O)(=O)O. The summed E-state index contributed by atoms with van der Waals surface area (Å²) in [6.07, 6.45) is 1.69. The van der Waals surface area contributed by atoms with E-state index in [9.17, 15) is 17.8 Å². The van der Waals surface area contributed by atoms with Gasteiger partial charge in [0.25, 0.3) is 10.1 Å². The van der Waals surface area contributed by atoms with E-state index in [1.54, 1.807) is 35.0 Å². The molecule has 1 aliphatic heterocycles. The van der Waals surface area contributed by atoms with Crippen molar-refractivity contribution in [3.63, 3.8) is 0 Å². The van der Waals surface area contributed by atoms with Crippen LogP contribution in [0.5, 0.6) is 0 Å². The second-order valence-corrected chi connectivity index (χ2v) is 12.1. The van der Waals surface area contributed by atoms with Crippen LogP contribution in [0.1, 0.15) is 29.8 Å². The van der Waals surface area contributed by atoms with E-state index < -0.39 is 20.8 Å². The number of anilines is 3. The third kappa shape index (κ3) is 5.58. The average Bonchev–Trinajstić information content (AvgIpc) is 3.32. The molecule has 3 heterocycles. The van der Waals surface area contributed by atoms with Crippen molar-refractivity contribution in [2.24, 2.45) is 5.73 Å². The molecule has 0 aliphatic carbocycles. The van der Waals surface area contributed by atoms with E-state index in [0.717, 1.165) is 24.5 Å². The smallest absolute Gasteiger partial charge is 0.270 e. The van der Waals surface area contributed by atoms with Gasteiger partial charge in [0.1, 0.15) is 0 Å². The highest BCUT2D eigenvalue weighted by atomic mass is 32.2. The maximum absolute atomic E-state index is 12.3. The third-order valence-corrected chi connectivity index (χ3v) is 8.39. The molecular weight excluding hydrogens is 520 g/mol. The molecule has 4 N–H and O–H groups in total. The van der Waals surface area contributed by atoms with Gasteiger partial charge >= 0.3 is 0 Å². The minimum absolute atomic E-state index is 0.0312. The van der Waals surface area contributed by atoms with Gasteiger partial charge in [-0.1, -0.05) is 6.07 Å². The van der Waals surface area contributed by atoms with Gasteiger partial charge in [-0.25, -0.2) is 9.50 Å². The summed E-state index contributed by atoms with van der Waals surface area (Å²) in [6.45, 7) is 6.01. The van der Waals surface area contributed by atoms with Crippen LogP contribution >= 0.6 is 0 Å². The van der Waals surface area contributed by atoms with E-state index >= 15 is 0 Å². The van der Waals surface area contributed by atoms with Crippen molar-refractivity contribution in [2.75, 3.05) is 36.5 Å². The highest BCUT2D eigenvalue weighted by Gasteiger charge is 2.33. The van der Waals surface area contributed by atoms with Crippen molar-refractivity contribution in [1.82, 2.24) is 14.6 Å². The van der Waals surface area contributed by atoms with E-state index in [1.807, 2.05) is 30.3 Å². The molecule has 0 spiro atoms. The number of fused-ring (bicyclic) bond motifs is 1. The Morgan fingerprint density at radius 2 is 1.82 bits per heavy atom. The number of nitrogens with zero attached hydrogens (tertiary/aromatic N) is 4. The Kier molecular flexibility index (Phi) is 7.02. The zero-order valence-electron chi connectivity index (χ0n) is 21.7. The summed E-state index contributed by atoms with van der Waals surface area (Å²) in [5.74, 6) is -0.281. The molecular formula is C27H30N6O5S. The van der Waals surface area contributed by atoms with Crippen molar-refractivity contribution < 1.29 is 22.5 Å². The van der Waals surface area contributed by atoms with Crippen LogP contribution in [0.25, 0.3) is 16.8 Å². The van der Waals surface area contributed by atoms with Crippen molar-refractivity contribution in [1.29, 1.82) is 0 Å². The first-order chi connectivity index (χ1) is 18.5. The lowest BCUT2D eigenvalue weighted by molar-refractivity contribution is 0.100. The Morgan fingerprint density at radius 1 is 1.10 bits per heavy atom. The number of ether oxygens (including phenoxy) is 1. The molecule has 0 atom stereocenters. The van der Waals surface area contributed by atoms with E-state index in [-0.39, 0.29) is 12.0 Å². The number of aromatic nitrogens is 3. The molecule has 1 fully saturated rings. The number of amides is 1. The molecule has 204 valence electrons. The molecule has 1 saturated heterocycles. The summed E-state index contributed by atoms with van der Waals surface area (Å²) < 4.78 is 39.0. The minimum atomic E-state index is -4.31. The van der Waals surface area contributed by atoms with E-state index in [4.69, 9.17) is 10.5 Å². The van der Waals surface area contributed by atoms with Gasteiger partial charge in [-0.15, -0.1) is 5.10 Å². The maximum atomic E-state index is 12.3. The summed E-state index contributed by atoms with van der Waals surface area (Å²) in [5, 5.41) is 7.86. The van der Waals surface area contributed by atoms with Gasteiger partial charge in [-0.3, -0.25) is 9.35 Å². The van der Waals surface area contributed by atoms with Crippen LogP contribution in [0.3, 0.4) is 0 Å². The van der Waals surface area contributed by atoms with Gasteiger partial charge in [0.2, 0.25) is 11.9 Å². The molecule has 0 saturated carbocycles. The number of nitrogens with two attached hydrogens (primary N) is 1. The van der Waals surface area contributed by atoms with Gasteiger partial charge < -0.3 is 20.7 Å². The number of carbonyl (C=O) groups is 1. The topological polar surface area (TPSA) is 152 Å². The fourth-order valence-corrected chi connectivity index (χ4v) is 4.93. The molecule has 0 radical (unpaired) electrons. The van der Waals surface area contributed by atoms with Crippen molar-refractivity contribution in [3.05, 3.63) is 71.9 Å². The van der Waals surface area contributed by atoms with Crippen LogP contribution in [-0.4, -0.2) is 64.5 Å². The highest BCUT2D eigenvalue weighted by molar-refractivity contribution is 7.87. The summed E-state index contributed by atoms with van der Waals surface area (Å²) in [6, 6.07) is 16.5. The van der Waals surface area contributed by atoms with Crippen LogP contribution in [0.15, 0.2) is 60.8 Å². The predicted molar refractivity (Wildman–Crippen MR) is 149 cm³/mol. The van der Waals surface area contributed by atoms with Crippen LogP contribution in [-0.2, 0) is 21.3 Å².